The van der Waals surface area contributed by atoms with E-state index in [9.17, 15) is 9.59 Å². The minimum absolute atomic E-state index is 0.0668. The fourth-order valence-electron chi connectivity index (χ4n) is 4.35. The van der Waals surface area contributed by atoms with Crippen molar-refractivity contribution in [2.24, 2.45) is 5.92 Å². The number of hydrogen-bond donors (Lipinski definition) is 0. The van der Waals surface area contributed by atoms with Crippen molar-refractivity contribution in [3.05, 3.63) is 57.8 Å². The predicted octanol–water partition coefficient (Wildman–Crippen LogP) is 2.65. The van der Waals surface area contributed by atoms with Crippen LogP contribution in [0.1, 0.15) is 30.2 Å². The molecule has 30 heavy (non-hydrogen) atoms. The number of aryl methyl sites for hydroxylation is 2. The largest absolute Gasteiger partial charge is 0.490 e. The first kappa shape index (κ1) is 18.8. The van der Waals surface area contributed by atoms with Crippen molar-refractivity contribution in [3.8, 4) is 5.75 Å². The lowest BCUT2D eigenvalue weighted by Gasteiger charge is -2.30. The van der Waals surface area contributed by atoms with Crippen molar-refractivity contribution >= 4 is 22.6 Å². The molecule has 2 aliphatic rings. The van der Waals surface area contributed by atoms with Gasteiger partial charge in [-0.2, -0.15) is 0 Å². The molecule has 2 aromatic heterocycles. The van der Waals surface area contributed by atoms with Crippen LogP contribution in [0.15, 0.2) is 35.4 Å². The summed E-state index contributed by atoms with van der Waals surface area (Å²) in [7, 11) is 0. The summed E-state index contributed by atoms with van der Waals surface area (Å²) in [4.78, 5) is 36.9. The van der Waals surface area contributed by atoms with E-state index in [1.807, 2.05) is 31.2 Å². The van der Waals surface area contributed by atoms with Crippen LogP contribution < -0.4 is 15.2 Å². The van der Waals surface area contributed by atoms with Gasteiger partial charge >= 0.3 is 0 Å². The van der Waals surface area contributed by atoms with Crippen LogP contribution >= 0.6 is 0 Å². The summed E-state index contributed by atoms with van der Waals surface area (Å²) in [5.74, 6) is 1.11. The molecule has 0 radical (unpaired) electrons. The van der Waals surface area contributed by atoms with Gasteiger partial charge in [0, 0.05) is 5.69 Å². The van der Waals surface area contributed by atoms with Crippen LogP contribution in [0, 0.1) is 12.8 Å². The Hall–Kier alpha value is -3.22. The fourth-order valence-corrected chi connectivity index (χ4v) is 4.35. The molecular formula is C23H24N4O3. The van der Waals surface area contributed by atoms with Crippen LogP contribution in [0.25, 0.3) is 11.0 Å². The van der Waals surface area contributed by atoms with E-state index in [4.69, 9.17) is 4.74 Å². The molecule has 0 saturated heterocycles. The van der Waals surface area contributed by atoms with Crippen LogP contribution in [0.3, 0.4) is 0 Å². The molecule has 3 aromatic rings. The van der Waals surface area contributed by atoms with E-state index in [1.165, 1.54) is 10.9 Å². The van der Waals surface area contributed by atoms with Crippen molar-refractivity contribution in [2.45, 2.75) is 39.7 Å². The van der Waals surface area contributed by atoms with Gasteiger partial charge in [0.05, 0.1) is 17.6 Å². The first-order chi connectivity index (χ1) is 14.5. The van der Waals surface area contributed by atoms with E-state index >= 15 is 0 Å². The molecule has 7 nitrogen and oxygen atoms in total. The zero-order valence-electron chi connectivity index (χ0n) is 17.2. The molecule has 1 atom stereocenters. The number of benzene rings is 1. The third kappa shape index (κ3) is 3.24. The Labute approximate surface area is 174 Å². The third-order valence-electron chi connectivity index (χ3n) is 6.01. The highest BCUT2D eigenvalue weighted by Gasteiger charge is 2.25. The fraction of sp³-hybridized carbons (Fsp3) is 0.391. The molecule has 0 N–H and O–H groups in total. The normalized spacial score (nSPS) is 17.9. The molecule has 0 unspecified atom stereocenters. The molecule has 0 spiro atoms. The number of fused-ring (bicyclic) bond motifs is 3. The van der Waals surface area contributed by atoms with Crippen LogP contribution in [0.2, 0.25) is 0 Å². The van der Waals surface area contributed by atoms with Crippen molar-refractivity contribution in [1.82, 2.24) is 14.5 Å². The maximum atomic E-state index is 13.1. The minimum atomic E-state index is -0.223. The minimum Gasteiger partial charge on any atom is -0.490 e. The summed E-state index contributed by atoms with van der Waals surface area (Å²) >= 11 is 0. The van der Waals surface area contributed by atoms with Gasteiger partial charge in [-0.05, 0) is 61.4 Å². The summed E-state index contributed by atoms with van der Waals surface area (Å²) in [6.45, 7) is 5.01. The van der Waals surface area contributed by atoms with E-state index in [2.05, 4.69) is 16.9 Å². The smallest absolute Gasteiger partial charge is 0.263 e. The van der Waals surface area contributed by atoms with Gasteiger partial charge in [0.15, 0.2) is 5.65 Å². The third-order valence-corrected chi connectivity index (χ3v) is 6.01. The summed E-state index contributed by atoms with van der Waals surface area (Å²) in [5.41, 5.74) is 4.21. The van der Waals surface area contributed by atoms with Crippen LogP contribution in [0.5, 0.6) is 5.75 Å². The molecule has 7 heteroatoms. The number of carbonyl (C=O) groups is 1. The number of aromatic nitrogens is 3. The lowest BCUT2D eigenvalue weighted by atomic mass is 9.87. The second-order valence-corrected chi connectivity index (χ2v) is 8.36. The number of hydrogen-bond acceptors (Lipinski definition) is 5. The highest BCUT2D eigenvalue weighted by Crippen LogP contribution is 2.32. The van der Waals surface area contributed by atoms with Gasteiger partial charge in [0.2, 0.25) is 5.91 Å². The highest BCUT2D eigenvalue weighted by molar-refractivity contribution is 5.95. The van der Waals surface area contributed by atoms with Gasteiger partial charge in [-0.15, -0.1) is 0 Å². The molecule has 1 aliphatic carbocycles. The number of rotatable bonds is 2. The van der Waals surface area contributed by atoms with Gasteiger partial charge in [0.25, 0.3) is 5.56 Å². The van der Waals surface area contributed by atoms with E-state index in [1.54, 1.807) is 4.90 Å². The van der Waals surface area contributed by atoms with E-state index < -0.39 is 0 Å². The van der Waals surface area contributed by atoms with Gasteiger partial charge in [-0.25, -0.2) is 9.97 Å². The second-order valence-electron chi connectivity index (χ2n) is 8.36. The number of pyridine rings is 1. The molecule has 0 fully saturated rings. The molecule has 1 amide bonds. The van der Waals surface area contributed by atoms with Crippen LogP contribution in [-0.4, -0.2) is 33.6 Å². The Kier molecular flexibility index (Phi) is 4.53. The Morgan fingerprint density at radius 3 is 3.03 bits per heavy atom. The van der Waals surface area contributed by atoms with Crippen LogP contribution in [0.4, 0.5) is 5.69 Å². The summed E-state index contributed by atoms with van der Waals surface area (Å²) in [6.07, 6.45) is 4.39. The monoisotopic (exact) mass is 404 g/mol. The topological polar surface area (TPSA) is 77.3 Å². The van der Waals surface area contributed by atoms with Gasteiger partial charge in [0.1, 0.15) is 25.2 Å². The van der Waals surface area contributed by atoms with E-state index in [0.29, 0.717) is 35.9 Å². The van der Waals surface area contributed by atoms with Crippen molar-refractivity contribution in [1.29, 1.82) is 0 Å². The number of ether oxygens (including phenoxy) is 1. The number of anilines is 1. The second kappa shape index (κ2) is 7.23. The Balaban J connectivity index is 1.48. The zero-order chi connectivity index (χ0) is 20.8. The van der Waals surface area contributed by atoms with Crippen LogP contribution in [-0.2, 0) is 24.2 Å². The molecule has 5 rings (SSSR count). The van der Waals surface area contributed by atoms with E-state index in [0.717, 1.165) is 41.8 Å². The SMILES string of the molecule is Cc1ccc2c(c1)N(C(=O)Cn1cnc3nc4c(cc3c1=O)C[C@@H](C)CC4)CCO2. The highest BCUT2D eigenvalue weighted by atomic mass is 16.5. The summed E-state index contributed by atoms with van der Waals surface area (Å²) in [5, 5.41) is 0.483. The first-order valence-corrected chi connectivity index (χ1v) is 10.4. The van der Waals surface area contributed by atoms with Gasteiger partial charge in [-0.3, -0.25) is 14.2 Å². The summed E-state index contributed by atoms with van der Waals surface area (Å²) in [6, 6.07) is 7.70. The number of carbonyl (C=O) groups excluding carboxylic acids is 1. The standard InChI is InChI=1S/C23H24N4O3/c1-14-3-5-18-16(9-14)11-17-22(25-18)24-13-26(23(17)29)12-21(28)27-7-8-30-20-6-4-15(2)10-19(20)27/h4,6,10-11,13-14H,3,5,7-9,12H2,1-2H3/t14-/m0/s1. The van der Waals surface area contributed by atoms with E-state index in [-0.39, 0.29) is 18.0 Å². The molecule has 154 valence electrons. The Bertz CT molecular complexity index is 1220. The summed E-state index contributed by atoms with van der Waals surface area (Å²) < 4.78 is 7.05. The average molecular weight is 404 g/mol. The Morgan fingerprint density at radius 1 is 1.30 bits per heavy atom. The first-order valence-electron chi connectivity index (χ1n) is 10.4. The van der Waals surface area contributed by atoms with Crippen molar-refractivity contribution < 1.29 is 9.53 Å². The lowest BCUT2D eigenvalue weighted by Crippen LogP contribution is -2.41. The maximum Gasteiger partial charge on any atom is 0.263 e. The van der Waals surface area contributed by atoms with Crippen molar-refractivity contribution in [3.63, 3.8) is 0 Å². The maximum absolute atomic E-state index is 13.1. The number of nitrogens with zero attached hydrogens (tertiary/aromatic N) is 4. The molecule has 0 bridgehead atoms. The van der Waals surface area contributed by atoms with Gasteiger partial charge in [-0.1, -0.05) is 13.0 Å². The average Bonchev–Trinajstić information content (AvgIpc) is 2.74. The molecule has 3 heterocycles. The Morgan fingerprint density at radius 2 is 2.17 bits per heavy atom. The zero-order valence-corrected chi connectivity index (χ0v) is 17.2. The number of amides is 1. The quantitative estimate of drug-likeness (QED) is 0.656. The molecule has 0 saturated carbocycles. The predicted molar refractivity (Wildman–Crippen MR) is 114 cm³/mol. The molecule has 1 aliphatic heterocycles. The van der Waals surface area contributed by atoms with Crippen molar-refractivity contribution in [2.75, 3.05) is 18.1 Å². The molecular weight excluding hydrogens is 380 g/mol. The van der Waals surface area contributed by atoms with Gasteiger partial charge < -0.3 is 9.64 Å². The lowest BCUT2D eigenvalue weighted by molar-refractivity contribution is -0.119. The molecule has 1 aromatic carbocycles.